The van der Waals surface area contributed by atoms with Crippen molar-refractivity contribution in [3.63, 3.8) is 0 Å². The molecule has 0 saturated heterocycles. The summed E-state index contributed by atoms with van der Waals surface area (Å²) in [4.78, 5) is 8.56. The second kappa shape index (κ2) is 6.97. The lowest BCUT2D eigenvalue weighted by atomic mass is 10.2. The number of hydrogen-bond donors (Lipinski definition) is 1. The van der Waals surface area contributed by atoms with Gasteiger partial charge < -0.3 is 5.32 Å². The SMILES string of the molecule is CCNC(CSC1CCCC1)c1cnccn1. The number of nitrogens with zero attached hydrogens (tertiary/aromatic N) is 2. The van der Waals surface area contributed by atoms with Gasteiger partial charge in [0.05, 0.1) is 11.7 Å². The minimum Gasteiger partial charge on any atom is -0.308 e. The van der Waals surface area contributed by atoms with Gasteiger partial charge in [0.1, 0.15) is 0 Å². The second-order valence-corrected chi connectivity index (χ2v) is 5.81. The van der Waals surface area contributed by atoms with Crippen molar-refractivity contribution in [2.45, 2.75) is 43.9 Å². The molecule has 4 heteroatoms. The van der Waals surface area contributed by atoms with Gasteiger partial charge in [-0.1, -0.05) is 19.8 Å². The van der Waals surface area contributed by atoms with E-state index < -0.39 is 0 Å². The van der Waals surface area contributed by atoms with Gasteiger partial charge in [-0.2, -0.15) is 11.8 Å². The molecule has 0 radical (unpaired) electrons. The van der Waals surface area contributed by atoms with Crippen LogP contribution in [0, 0.1) is 0 Å². The zero-order valence-electron chi connectivity index (χ0n) is 10.4. The van der Waals surface area contributed by atoms with Crippen molar-refractivity contribution in [3.05, 3.63) is 24.3 Å². The van der Waals surface area contributed by atoms with Crippen LogP contribution in [0.15, 0.2) is 18.6 Å². The average Bonchev–Trinajstić information content (AvgIpc) is 2.88. The van der Waals surface area contributed by atoms with Crippen LogP contribution in [-0.4, -0.2) is 27.5 Å². The highest BCUT2D eigenvalue weighted by Crippen LogP contribution is 2.31. The van der Waals surface area contributed by atoms with E-state index in [2.05, 4.69) is 34.0 Å². The minimum atomic E-state index is 0.347. The summed E-state index contributed by atoms with van der Waals surface area (Å²) in [5, 5.41) is 4.37. The van der Waals surface area contributed by atoms with Gasteiger partial charge in [0, 0.05) is 29.6 Å². The molecule has 1 aliphatic carbocycles. The number of nitrogens with one attached hydrogen (secondary N) is 1. The van der Waals surface area contributed by atoms with Crippen LogP contribution >= 0.6 is 11.8 Å². The van der Waals surface area contributed by atoms with Crippen molar-refractivity contribution >= 4 is 11.8 Å². The minimum absolute atomic E-state index is 0.347. The first-order valence-corrected chi connectivity index (χ1v) is 7.56. The van der Waals surface area contributed by atoms with Gasteiger partial charge in [-0.15, -0.1) is 0 Å². The third kappa shape index (κ3) is 3.96. The summed E-state index contributed by atoms with van der Waals surface area (Å²) < 4.78 is 0. The summed E-state index contributed by atoms with van der Waals surface area (Å²) in [5.41, 5.74) is 1.07. The Morgan fingerprint density at radius 2 is 2.24 bits per heavy atom. The maximum Gasteiger partial charge on any atom is 0.0764 e. The molecule has 1 heterocycles. The molecule has 0 aromatic carbocycles. The zero-order chi connectivity index (χ0) is 11.9. The molecule has 1 N–H and O–H groups in total. The van der Waals surface area contributed by atoms with Crippen molar-refractivity contribution in [1.29, 1.82) is 0 Å². The fourth-order valence-corrected chi connectivity index (χ4v) is 3.69. The lowest BCUT2D eigenvalue weighted by Crippen LogP contribution is -2.24. The van der Waals surface area contributed by atoms with Crippen LogP contribution in [0.1, 0.15) is 44.3 Å². The Labute approximate surface area is 108 Å². The predicted molar refractivity (Wildman–Crippen MR) is 73.2 cm³/mol. The number of aromatic nitrogens is 2. The van der Waals surface area contributed by atoms with Crippen LogP contribution in [0.4, 0.5) is 0 Å². The fraction of sp³-hybridized carbons (Fsp3) is 0.692. The molecule has 3 nitrogen and oxygen atoms in total. The molecule has 0 spiro atoms. The lowest BCUT2D eigenvalue weighted by molar-refractivity contribution is 0.587. The van der Waals surface area contributed by atoms with E-state index in [1.807, 2.05) is 6.20 Å². The van der Waals surface area contributed by atoms with E-state index in [1.165, 1.54) is 25.7 Å². The first-order chi connectivity index (χ1) is 8.40. The normalized spacial score (nSPS) is 18.4. The summed E-state index contributed by atoms with van der Waals surface area (Å²) in [6.07, 6.45) is 11.0. The Balaban J connectivity index is 1.88. The monoisotopic (exact) mass is 251 g/mol. The predicted octanol–water partition coefficient (Wildman–Crippen LogP) is 2.80. The average molecular weight is 251 g/mol. The second-order valence-electron chi connectivity index (χ2n) is 4.48. The Bertz CT molecular complexity index is 312. The first-order valence-electron chi connectivity index (χ1n) is 6.51. The molecule has 17 heavy (non-hydrogen) atoms. The van der Waals surface area contributed by atoms with E-state index >= 15 is 0 Å². The Hall–Kier alpha value is -0.610. The summed E-state index contributed by atoms with van der Waals surface area (Å²) in [6.45, 7) is 3.12. The Morgan fingerprint density at radius 1 is 1.41 bits per heavy atom. The molecule has 2 rings (SSSR count). The molecular weight excluding hydrogens is 230 g/mol. The summed E-state index contributed by atoms with van der Waals surface area (Å²) in [7, 11) is 0. The molecule has 94 valence electrons. The third-order valence-corrected chi connectivity index (χ3v) is 4.66. The van der Waals surface area contributed by atoms with E-state index in [1.54, 1.807) is 12.4 Å². The standard InChI is InChI=1S/C13H21N3S/c1-2-15-13(12-9-14-7-8-16-12)10-17-11-5-3-4-6-11/h7-9,11,13,15H,2-6,10H2,1H3. The van der Waals surface area contributed by atoms with Crippen molar-refractivity contribution in [2.24, 2.45) is 0 Å². The topological polar surface area (TPSA) is 37.8 Å². The van der Waals surface area contributed by atoms with Crippen LogP contribution in [-0.2, 0) is 0 Å². The molecule has 1 aromatic rings. The molecule has 1 aliphatic rings. The molecule has 0 bridgehead atoms. The molecule has 1 atom stereocenters. The van der Waals surface area contributed by atoms with Crippen molar-refractivity contribution in [3.8, 4) is 0 Å². The van der Waals surface area contributed by atoms with E-state index in [4.69, 9.17) is 0 Å². The van der Waals surface area contributed by atoms with Gasteiger partial charge in [0.15, 0.2) is 0 Å². The number of rotatable bonds is 6. The zero-order valence-corrected chi connectivity index (χ0v) is 11.2. The summed E-state index contributed by atoms with van der Waals surface area (Å²) in [5.74, 6) is 1.11. The third-order valence-electron chi connectivity index (χ3n) is 3.19. The maximum atomic E-state index is 4.40. The van der Waals surface area contributed by atoms with Crippen molar-refractivity contribution in [1.82, 2.24) is 15.3 Å². The van der Waals surface area contributed by atoms with Gasteiger partial charge in [0.2, 0.25) is 0 Å². The van der Waals surface area contributed by atoms with Crippen LogP contribution in [0.2, 0.25) is 0 Å². The largest absolute Gasteiger partial charge is 0.308 e. The quantitative estimate of drug-likeness (QED) is 0.843. The van der Waals surface area contributed by atoms with Crippen LogP contribution in [0.25, 0.3) is 0 Å². The van der Waals surface area contributed by atoms with Crippen LogP contribution in [0.3, 0.4) is 0 Å². The molecule has 0 aliphatic heterocycles. The molecule has 1 saturated carbocycles. The number of thioether (sulfide) groups is 1. The highest BCUT2D eigenvalue weighted by atomic mass is 32.2. The Morgan fingerprint density at radius 3 is 2.88 bits per heavy atom. The van der Waals surface area contributed by atoms with Crippen LogP contribution < -0.4 is 5.32 Å². The molecule has 0 amide bonds. The summed E-state index contributed by atoms with van der Waals surface area (Å²) in [6, 6.07) is 0.347. The number of hydrogen-bond acceptors (Lipinski definition) is 4. The first kappa shape index (κ1) is 12.8. The van der Waals surface area contributed by atoms with E-state index in [-0.39, 0.29) is 0 Å². The van der Waals surface area contributed by atoms with Gasteiger partial charge in [-0.25, -0.2) is 0 Å². The molecular formula is C13H21N3S. The van der Waals surface area contributed by atoms with Gasteiger partial charge in [-0.05, 0) is 19.4 Å². The van der Waals surface area contributed by atoms with Gasteiger partial charge in [-0.3, -0.25) is 9.97 Å². The van der Waals surface area contributed by atoms with Crippen LogP contribution in [0.5, 0.6) is 0 Å². The van der Waals surface area contributed by atoms with Gasteiger partial charge in [0.25, 0.3) is 0 Å². The summed E-state index contributed by atoms with van der Waals surface area (Å²) >= 11 is 2.10. The highest BCUT2D eigenvalue weighted by molar-refractivity contribution is 7.99. The van der Waals surface area contributed by atoms with Crippen molar-refractivity contribution < 1.29 is 0 Å². The van der Waals surface area contributed by atoms with Crippen molar-refractivity contribution in [2.75, 3.05) is 12.3 Å². The Kier molecular flexibility index (Phi) is 5.26. The fourth-order valence-electron chi connectivity index (χ4n) is 2.27. The van der Waals surface area contributed by atoms with Gasteiger partial charge >= 0.3 is 0 Å². The molecule has 1 fully saturated rings. The molecule has 1 unspecified atom stereocenters. The smallest absolute Gasteiger partial charge is 0.0764 e. The van der Waals surface area contributed by atoms with E-state index in [0.29, 0.717) is 6.04 Å². The van der Waals surface area contributed by atoms with E-state index in [0.717, 1.165) is 23.2 Å². The lowest BCUT2D eigenvalue weighted by Gasteiger charge is -2.18. The molecule has 1 aromatic heterocycles. The van der Waals surface area contributed by atoms with E-state index in [9.17, 15) is 0 Å². The highest BCUT2D eigenvalue weighted by Gasteiger charge is 2.19. The maximum absolute atomic E-state index is 4.40.